The van der Waals surface area contributed by atoms with Crippen molar-refractivity contribution in [1.29, 1.82) is 0 Å². The summed E-state index contributed by atoms with van der Waals surface area (Å²) >= 11 is 12.5. The van der Waals surface area contributed by atoms with Gasteiger partial charge in [0, 0.05) is 5.56 Å². The van der Waals surface area contributed by atoms with Gasteiger partial charge in [-0.05, 0) is 19.9 Å². The smallest absolute Gasteiger partial charge is 0.124 e. The van der Waals surface area contributed by atoms with Crippen LogP contribution in [0.15, 0.2) is 24.3 Å². The van der Waals surface area contributed by atoms with Gasteiger partial charge in [0.2, 0.25) is 0 Å². The van der Waals surface area contributed by atoms with E-state index in [1.54, 1.807) is 0 Å². The van der Waals surface area contributed by atoms with Crippen LogP contribution < -0.4 is 4.74 Å². The van der Waals surface area contributed by atoms with Crippen LogP contribution in [0.3, 0.4) is 0 Å². The Morgan fingerprint density at radius 3 is 2.57 bits per heavy atom. The molecule has 76 valence electrons. The van der Waals surface area contributed by atoms with Gasteiger partial charge < -0.3 is 4.74 Å². The van der Waals surface area contributed by atoms with Crippen molar-refractivity contribution < 1.29 is 4.74 Å². The van der Waals surface area contributed by atoms with E-state index in [2.05, 4.69) is 0 Å². The Labute approximate surface area is 94.0 Å². The third kappa shape index (κ3) is 1.49. The number of hydrogen-bond donors (Lipinski definition) is 0. The standard InChI is InChI=1S/C11H12Cl2O/c1-11(2)10(13)9(12)7-5-3-4-6-8(7)14-11/h3-6,9-10H,1-2H3/t9-,10-/m1/s1. The molecule has 2 atom stereocenters. The first kappa shape index (κ1) is 10.1. The molecule has 0 aromatic heterocycles. The molecular weight excluding hydrogens is 219 g/mol. The molecular formula is C11H12Cl2O. The van der Waals surface area contributed by atoms with Crippen LogP contribution in [0.5, 0.6) is 5.75 Å². The largest absolute Gasteiger partial charge is 0.486 e. The van der Waals surface area contributed by atoms with Gasteiger partial charge in [-0.25, -0.2) is 0 Å². The normalized spacial score (nSPS) is 29.1. The summed E-state index contributed by atoms with van der Waals surface area (Å²) in [5.74, 6) is 0.842. The first-order valence-electron chi connectivity index (χ1n) is 4.58. The van der Waals surface area contributed by atoms with Crippen molar-refractivity contribution in [1.82, 2.24) is 0 Å². The van der Waals surface area contributed by atoms with Gasteiger partial charge in [-0.15, -0.1) is 23.2 Å². The van der Waals surface area contributed by atoms with E-state index >= 15 is 0 Å². The Morgan fingerprint density at radius 2 is 1.86 bits per heavy atom. The van der Waals surface area contributed by atoms with Gasteiger partial charge in [0.1, 0.15) is 11.4 Å². The zero-order chi connectivity index (χ0) is 10.3. The van der Waals surface area contributed by atoms with Gasteiger partial charge in [0.15, 0.2) is 0 Å². The number of halogens is 2. The molecule has 0 spiro atoms. The Kier molecular flexibility index (Phi) is 2.40. The molecule has 0 N–H and O–H groups in total. The molecule has 0 unspecified atom stereocenters. The van der Waals surface area contributed by atoms with Crippen LogP contribution in [0.4, 0.5) is 0 Å². The number of alkyl halides is 2. The molecule has 0 fully saturated rings. The maximum atomic E-state index is 6.27. The quantitative estimate of drug-likeness (QED) is 0.618. The van der Waals surface area contributed by atoms with Crippen LogP contribution in [0.2, 0.25) is 0 Å². The van der Waals surface area contributed by atoms with Crippen molar-refractivity contribution in [2.75, 3.05) is 0 Å². The highest BCUT2D eigenvalue weighted by Gasteiger charge is 2.41. The van der Waals surface area contributed by atoms with E-state index in [4.69, 9.17) is 27.9 Å². The molecule has 0 amide bonds. The van der Waals surface area contributed by atoms with E-state index in [0.29, 0.717) is 0 Å². The van der Waals surface area contributed by atoms with Crippen molar-refractivity contribution in [3.8, 4) is 5.75 Å². The number of para-hydroxylation sites is 1. The van der Waals surface area contributed by atoms with Crippen LogP contribution >= 0.6 is 23.2 Å². The monoisotopic (exact) mass is 230 g/mol. The van der Waals surface area contributed by atoms with Gasteiger partial charge >= 0.3 is 0 Å². The van der Waals surface area contributed by atoms with Crippen molar-refractivity contribution in [3.05, 3.63) is 29.8 Å². The lowest BCUT2D eigenvalue weighted by atomic mass is 9.93. The van der Waals surface area contributed by atoms with E-state index in [1.165, 1.54) is 0 Å². The molecule has 0 saturated carbocycles. The van der Waals surface area contributed by atoms with E-state index in [0.717, 1.165) is 11.3 Å². The van der Waals surface area contributed by atoms with Crippen molar-refractivity contribution in [2.45, 2.75) is 30.2 Å². The molecule has 0 bridgehead atoms. The zero-order valence-corrected chi connectivity index (χ0v) is 9.64. The number of fused-ring (bicyclic) bond motifs is 1. The van der Waals surface area contributed by atoms with Crippen LogP contribution in [0, 0.1) is 0 Å². The molecule has 1 aromatic carbocycles. The molecule has 1 aliphatic heterocycles. The zero-order valence-electron chi connectivity index (χ0n) is 8.13. The maximum Gasteiger partial charge on any atom is 0.124 e. The molecule has 0 saturated heterocycles. The summed E-state index contributed by atoms with van der Waals surface area (Å²) in [6.07, 6.45) is 0. The highest BCUT2D eigenvalue weighted by Crippen LogP contribution is 2.45. The number of ether oxygens (including phenoxy) is 1. The Morgan fingerprint density at radius 1 is 1.21 bits per heavy atom. The predicted octanol–water partition coefficient (Wildman–Crippen LogP) is 3.74. The van der Waals surface area contributed by atoms with Crippen LogP contribution in [0.1, 0.15) is 24.8 Å². The lowest BCUT2D eigenvalue weighted by Gasteiger charge is -2.39. The minimum atomic E-state index is -0.414. The van der Waals surface area contributed by atoms with Gasteiger partial charge in [0.25, 0.3) is 0 Å². The molecule has 1 nitrogen and oxygen atoms in total. The minimum absolute atomic E-state index is 0.184. The van der Waals surface area contributed by atoms with Gasteiger partial charge in [0.05, 0.1) is 10.8 Å². The Balaban J connectivity index is 2.48. The number of benzene rings is 1. The molecule has 2 rings (SSSR count). The second-order valence-electron chi connectivity index (χ2n) is 4.05. The van der Waals surface area contributed by atoms with Gasteiger partial charge in [-0.2, -0.15) is 0 Å². The Hall–Kier alpha value is -0.400. The lowest BCUT2D eigenvalue weighted by Crippen LogP contribution is -2.44. The molecule has 0 radical (unpaired) electrons. The fourth-order valence-corrected chi connectivity index (χ4v) is 2.31. The molecule has 1 heterocycles. The first-order chi connectivity index (χ1) is 6.52. The highest BCUT2D eigenvalue weighted by atomic mass is 35.5. The maximum absolute atomic E-state index is 6.27. The number of hydrogen-bond acceptors (Lipinski definition) is 1. The van der Waals surface area contributed by atoms with E-state index in [-0.39, 0.29) is 10.8 Å². The SMILES string of the molecule is CC1(C)Oc2ccccc2[C@@H](Cl)[C@H]1Cl. The summed E-state index contributed by atoms with van der Waals surface area (Å²) in [6, 6.07) is 7.76. The van der Waals surface area contributed by atoms with Gasteiger partial charge in [-0.3, -0.25) is 0 Å². The average molecular weight is 231 g/mol. The Bertz CT molecular complexity index is 349. The molecule has 1 aromatic rings. The second-order valence-corrected chi connectivity index (χ2v) is 4.99. The topological polar surface area (TPSA) is 9.23 Å². The van der Waals surface area contributed by atoms with Crippen LogP contribution in [0.25, 0.3) is 0 Å². The summed E-state index contributed by atoms with van der Waals surface area (Å²) in [5, 5.41) is -0.393. The van der Waals surface area contributed by atoms with Crippen LogP contribution in [-0.2, 0) is 0 Å². The van der Waals surface area contributed by atoms with E-state index in [9.17, 15) is 0 Å². The fourth-order valence-electron chi connectivity index (χ4n) is 1.65. The molecule has 1 aliphatic rings. The summed E-state index contributed by atoms with van der Waals surface area (Å²) in [6.45, 7) is 3.91. The fraction of sp³-hybridized carbons (Fsp3) is 0.455. The van der Waals surface area contributed by atoms with Crippen LogP contribution in [-0.4, -0.2) is 11.0 Å². The lowest BCUT2D eigenvalue weighted by molar-refractivity contribution is 0.0869. The molecule has 14 heavy (non-hydrogen) atoms. The summed E-state index contributed by atoms with van der Waals surface area (Å²) in [4.78, 5) is 0. The van der Waals surface area contributed by atoms with Crippen molar-refractivity contribution in [3.63, 3.8) is 0 Å². The highest BCUT2D eigenvalue weighted by molar-refractivity contribution is 6.30. The number of rotatable bonds is 0. The van der Waals surface area contributed by atoms with Crippen molar-refractivity contribution in [2.24, 2.45) is 0 Å². The summed E-state index contributed by atoms with van der Waals surface area (Å²) in [5.41, 5.74) is 0.566. The predicted molar refractivity (Wildman–Crippen MR) is 59.4 cm³/mol. The van der Waals surface area contributed by atoms with E-state index in [1.807, 2.05) is 38.1 Å². The molecule has 3 heteroatoms. The summed E-state index contributed by atoms with van der Waals surface area (Å²) in [7, 11) is 0. The second kappa shape index (κ2) is 3.32. The van der Waals surface area contributed by atoms with Crippen molar-refractivity contribution >= 4 is 23.2 Å². The minimum Gasteiger partial charge on any atom is -0.486 e. The first-order valence-corrected chi connectivity index (χ1v) is 5.46. The van der Waals surface area contributed by atoms with Gasteiger partial charge in [-0.1, -0.05) is 18.2 Å². The third-order valence-corrected chi connectivity index (χ3v) is 3.90. The summed E-state index contributed by atoms with van der Waals surface area (Å²) < 4.78 is 5.79. The average Bonchev–Trinajstić information content (AvgIpc) is 2.14. The van der Waals surface area contributed by atoms with E-state index < -0.39 is 5.60 Å². The molecule has 0 aliphatic carbocycles. The third-order valence-electron chi connectivity index (χ3n) is 2.51.